The molecular weight excluding hydrogens is 408 g/mol. The van der Waals surface area contributed by atoms with E-state index in [0.29, 0.717) is 10.7 Å². The quantitative estimate of drug-likeness (QED) is 0.621. The van der Waals surface area contributed by atoms with Gasteiger partial charge in [0.25, 0.3) is 10.0 Å². The third-order valence-electron chi connectivity index (χ3n) is 4.47. The zero-order valence-corrected chi connectivity index (χ0v) is 17.7. The van der Waals surface area contributed by atoms with Crippen LogP contribution in [0.15, 0.2) is 77.7 Å². The second-order valence-corrected chi connectivity index (χ2v) is 9.09. The zero-order valence-electron chi connectivity index (χ0n) is 16.1. The second kappa shape index (κ2) is 8.68. The average Bonchev–Trinajstić information content (AvgIpc) is 2.70. The molecule has 0 spiro atoms. The lowest BCUT2D eigenvalue weighted by molar-refractivity contribution is -0.115. The second-order valence-electron chi connectivity index (χ2n) is 6.68. The number of carbonyl (C=O) groups is 1. The highest BCUT2D eigenvalue weighted by molar-refractivity contribution is 7.92. The standard InChI is InChI=1S/C22H21ClN2O3S/c1-16-3-9-19(10-4-16)24-22(26)15-17-5-11-20(12-6-17)25(2)29(27,28)21-13-7-18(23)8-14-21/h3-14H,15H2,1-2H3,(H,24,26). The molecule has 3 aromatic rings. The summed E-state index contributed by atoms with van der Waals surface area (Å²) in [6.07, 6.45) is 0.196. The van der Waals surface area contributed by atoms with Gasteiger partial charge in [0.05, 0.1) is 17.0 Å². The van der Waals surface area contributed by atoms with Gasteiger partial charge in [0.2, 0.25) is 5.91 Å². The highest BCUT2D eigenvalue weighted by atomic mass is 35.5. The van der Waals surface area contributed by atoms with Crippen molar-refractivity contribution in [3.63, 3.8) is 0 Å². The Balaban J connectivity index is 1.68. The van der Waals surface area contributed by atoms with Crippen molar-refractivity contribution in [1.82, 2.24) is 0 Å². The largest absolute Gasteiger partial charge is 0.326 e. The fourth-order valence-electron chi connectivity index (χ4n) is 2.75. The van der Waals surface area contributed by atoms with Gasteiger partial charge in [0.15, 0.2) is 0 Å². The first-order valence-electron chi connectivity index (χ1n) is 8.96. The molecule has 1 amide bonds. The van der Waals surface area contributed by atoms with E-state index in [9.17, 15) is 13.2 Å². The molecule has 0 aromatic heterocycles. The van der Waals surface area contributed by atoms with Gasteiger partial charge in [-0.15, -0.1) is 0 Å². The minimum Gasteiger partial charge on any atom is -0.326 e. The summed E-state index contributed by atoms with van der Waals surface area (Å²) in [5, 5.41) is 3.32. The van der Waals surface area contributed by atoms with Crippen molar-refractivity contribution in [3.8, 4) is 0 Å². The minimum atomic E-state index is -3.69. The molecule has 0 aliphatic heterocycles. The summed E-state index contributed by atoms with van der Waals surface area (Å²) in [5.41, 5.74) is 3.15. The van der Waals surface area contributed by atoms with Crippen molar-refractivity contribution in [2.75, 3.05) is 16.7 Å². The van der Waals surface area contributed by atoms with Crippen LogP contribution in [0.2, 0.25) is 5.02 Å². The maximum absolute atomic E-state index is 12.8. The lowest BCUT2D eigenvalue weighted by Gasteiger charge is -2.20. The Morgan fingerprint density at radius 3 is 2.10 bits per heavy atom. The molecule has 5 nitrogen and oxygen atoms in total. The number of rotatable bonds is 6. The predicted octanol–water partition coefficient (Wildman–Crippen LogP) is 4.65. The summed E-state index contributed by atoms with van der Waals surface area (Å²) in [6, 6.07) is 20.5. The maximum Gasteiger partial charge on any atom is 0.264 e. The number of anilines is 2. The van der Waals surface area contributed by atoms with Crippen molar-refractivity contribution in [1.29, 1.82) is 0 Å². The van der Waals surface area contributed by atoms with E-state index in [4.69, 9.17) is 11.6 Å². The highest BCUT2D eigenvalue weighted by Gasteiger charge is 2.21. The molecule has 0 heterocycles. The molecule has 0 saturated carbocycles. The number of aryl methyl sites for hydroxylation is 1. The van der Waals surface area contributed by atoms with Crippen LogP contribution in [0.3, 0.4) is 0 Å². The normalized spacial score (nSPS) is 11.1. The van der Waals surface area contributed by atoms with Gasteiger partial charge >= 0.3 is 0 Å². The Hall–Kier alpha value is -2.83. The van der Waals surface area contributed by atoms with Gasteiger partial charge in [-0.25, -0.2) is 8.42 Å². The Labute approximate surface area is 176 Å². The summed E-state index contributed by atoms with van der Waals surface area (Å²) < 4.78 is 26.7. The molecule has 0 unspecified atom stereocenters. The van der Waals surface area contributed by atoms with Gasteiger partial charge in [0.1, 0.15) is 0 Å². The third kappa shape index (κ3) is 5.16. The molecule has 0 fully saturated rings. The topological polar surface area (TPSA) is 66.5 Å². The number of benzene rings is 3. The van der Waals surface area contributed by atoms with Crippen LogP contribution >= 0.6 is 11.6 Å². The fourth-order valence-corrected chi connectivity index (χ4v) is 4.08. The van der Waals surface area contributed by atoms with Crippen molar-refractivity contribution in [2.24, 2.45) is 0 Å². The van der Waals surface area contributed by atoms with Gasteiger partial charge in [-0.3, -0.25) is 9.10 Å². The van der Waals surface area contributed by atoms with Gasteiger partial charge in [0, 0.05) is 17.8 Å². The molecule has 7 heteroatoms. The minimum absolute atomic E-state index is 0.135. The smallest absolute Gasteiger partial charge is 0.264 e. The van der Waals surface area contributed by atoms with Crippen LogP contribution in [0.1, 0.15) is 11.1 Å². The van der Waals surface area contributed by atoms with Crippen LogP contribution in [0, 0.1) is 6.92 Å². The van der Waals surface area contributed by atoms with E-state index in [0.717, 1.165) is 16.8 Å². The third-order valence-corrected chi connectivity index (χ3v) is 6.52. The molecule has 0 atom stereocenters. The predicted molar refractivity (Wildman–Crippen MR) is 117 cm³/mol. The monoisotopic (exact) mass is 428 g/mol. The van der Waals surface area contributed by atoms with Gasteiger partial charge in [-0.05, 0) is 61.0 Å². The lowest BCUT2D eigenvalue weighted by atomic mass is 10.1. The van der Waals surface area contributed by atoms with E-state index in [1.165, 1.54) is 35.6 Å². The van der Waals surface area contributed by atoms with Crippen LogP contribution in [0.4, 0.5) is 11.4 Å². The first-order valence-corrected chi connectivity index (χ1v) is 10.8. The molecule has 1 N–H and O–H groups in total. The van der Waals surface area contributed by atoms with Crippen LogP contribution in [0.25, 0.3) is 0 Å². The summed E-state index contributed by atoms with van der Waals surface area (Å²) in [5.74, 6) is -0.135. The van der Waals surface area contributed by atoms with Crippen molar-refractivity contribution in [2.45, 2.75) is 18.2 Å². The SMILES string of the molecule is Cc1ccc(NC(=O)Cc2ccc(N(C)S(=O)(=O)c3ccc(Cl)cc3)cc2)cc1. The fraction of sp³-hybridized carbons (Fsp3) is 0.136. The van der Waals surface area contributed by atoms with Crippen LogP contribution in [0.5, 0.6) is 0 Å². The number of hydrogen-bond donors (Lipinski definition) is 1. The molecule has 0 radical (unpaired) electrons. The Morgan fingerprint density at radius 1 is 0.931 bits per heavy atom. The number of nitrogens with one attached hydrogen (secondary N) is 1. The molecule has 29 heavy (non-hydrogen) atoms. The first-order chi connectivity index (χ1) is 13.8. The Kier molecular flexibility index (Phi) is 6.25. The highest BCUT2D eigenvalue weighted by Crippen LogP contribution is 2.23. The Morgan fingerprint density at radius 2 is 1.52 bits per heavy atom. The van der Waals surface area contributed by atoms with Crippen molar-refractivity contribution < 1.29 is 13.2 Å². The van der Waals surface area contributed by atoms with E-state index in [1.54, 1.807) is 24.3 Å². The van der Waals surface area contributed by atoms with E-state index in [1.807, 2.05) is 31.2 Å². The van der Waals surface area contributed by atoms with Crippen LogP contribution < -0.4 is 9.62 Å². The number of carbonyl (C=O) groups excluding carboxylic acids is 1. The number of sulfonamides is 1. The molecule has 0 saturated heterocycles. The van der Waals surface area contributed by atoms with Gasteiger partial charge in [-0.1, -0.05) is 41.4 Å². The van der Waals surface area contributed by atoms with E-state index in [-0.39, 0.29) is 17.2 Å². The summed E-state index contributed by atoms with van der Waals surface area (Å²) >= 11 is 5.83. The zero-order chi connectivity index (χ0) is 21.0. The summed E-state index contributed by atoms with van der Waals surface area (Å²) in [4.78, 5) is 12.4. The van der Waals surface area contributed by atoms with E-state index in [2.05, 4.69) is 5.32 Å². The van der Waals surface area contributed by atoms with E-state index < -0.39 is 10.0 Å². The molecular formula is C22H21ClN2O3S. The summed E-state index contributed by atoms with van der Waals surface area (Å²) in [6.45, 7) is 1.98. The first kappa shape index (κ1) is 20.9. The summed E-state index contributed by atoms with van der Waals surface area (Å²) in [7, 11) is -2.20. The molecule has 3 aromatic carbocycles. The number of hydrogen-bond acceptors (Lipinski definition) is 3. The van der Waals surface area contributed by atoms with Crippen LogP contribution in [-0.2, 0) is 21.2 Å². The molecule has 0 aliphatic rings. The van der Waals surface area contributed by atoms with Crippen LogP contribution in [-0.4, -0.2) is 21.4 Å². The number of halogens is 1. The maximum atomic E-state index is 12.8. The number of amides is 1. The van der Waals surface area contributed by atoms with Crippen molar-refractivity contribution >= 4 is 38.9 Å². The molecule has 0 aliphatic carbocycles. The molecule has 0 bridgehead atoms. The van der Waals surface area contributed by atoms with E-state index >= 15 is 0 Å². The van der Waals surface area contributed by atoms with Crippen molar-refractivity contribution in [3.05, 3.63) is 88.9 Å². The Bertz CT molecular complexity index is 1090. The molecule has 150 valence electrons. The average molecular weight is 429 g/mol. The lowest BCUT2D eigenvalue weighted by Crippen LogP contribution is -2.26. The van der Waals surface area contributed by atoms with Gasteiger partial charge < -0.3 is 5.32 Å². The molecule has 3 rings (SSSR count). The number of nitrogens with zero attached hydrogens (tertiary/aromatic N) is 1. The van der Waals surface area contributed by atoms with Gasteiger partial charge in [-0.2, -0.15) is 0 Å².